The molecule has 0 fully saturated rings. The standard InChI is InChI=1S/C6H5BrN2O/c1-4(10)6-8-3-2-5(7)9-6/h2-3H,1H3/i1D3,2D,3D. The van der Waals surface area contributed by atoms with Gasteiger partial charge in [0.05, 0.1) is 2.74 Å². The van der Waals surface area contributed by atoms with E-state index >= 15 is 0 Å². The summed E-state index contributed by atoms with van der Waals surface area (Å²) in [4.78, 5) is 18.0. The molecule has 0 saturated heterocycles. The highest BCUT2D eigenvalue weighted by atomic mass is 79.9. The van der Waals surface area contributed by atoms with Crippen LogP contribution in [-0.2, 0) is 0 Å². The molecule has 4 heteroatoms. The quantitative estimate of drug-likeness (QED) is 0.515. The Morgan fingerprint density at radius 3 is 3.40 bits per heavy atom. The van der Waals surface area contributed by atoms with Crippen molar-refractivity contribution in [2.45, 2.75) is 6.85 Å². The molecule has 0 aliphatic carbocycles. The lowest BCUT2D eigenvalue weighted by atomic mass is 10.4. The van der Waals surface area contributed by atoms with Gasteiger partial charge in [-0.3, -0.25) is 4.79 Å². The molecule has 0 N–H and O–H groups in total. The van der Waals surface area contributed by atoms with E-state index in [1.165, 1.54) is 0 Å². The Bertz CT molecular complexity index is 395. The lowest BCUT2D eigenvalue weighted by Gasteiger charge is -1.91. The van der Waals surface area contributed by atoms with E-state index in [4.69, 9.17) is 6.85 Å². The average molecular weight is 206 g/mol. The van der Waals surface area contributed by atoms with Crippen LogP contribution in [-0.4, -0.2) is 15.8 Å². The second-order valence-corrected chi connectivity index (χ2v) is 2.16. The number of carbonyl (C=O) groups is 1. The minimum Gasteiger partial charge on any atom is -0.291 e. The van der Waals surface area contributed by atoms with E-state index in [9.17, 15) is 4.79 Å². The van der Waals surface area contributed by atoms with E-state index in [2.05, 4.69) is 25.9 Å². The first kappa shape index (κ1) is 3.09. The molecule has 1 heterocycles. The van der Waals surface area contributed by atoms with Crippen LogP contribution in [0.5, 0.6) is 0 Å². The number of halogens is 1. The molecular formula is C6H5BrN2O. The summed E-state index contributed by atoms with van der Waals surface area (Å²) in [6, 6.07) is -0.294. The number of carbonyl (C=O) groups excluding carboxylic acids is 1. The van der Waals surface area contributed by atoms with Gasteiger partial charge in [0.25, 0.3) is 0 Å². The summed E-state index contributed by atoms with van der Waals surface area (Å²) < 4.78 is 34.9. The van der Waals surface area contributed by atoms with Gasteiger partial charge < -0.3 is 0 Å². The molecule has 52 valence electrons. The second-order valence-electron chi connectivity index (χ2n) is 1.40. The number of rotatable bonds is 1. The number of ketones is 1. The zero-order chi connectivity index (χ0) is 11.8. The van der Waals surface area contributed by atoms with Crippen LogP contribution < -0.4 is 0 Å². The van der Waals surface area contributed by atoms with Crippen LogP contribution in [0.25, 0.3) is 0 Å². The van der Waals surface area contributed by atoms with Crippen molar-refractivity contribution in [3.8, 4) is 0 Å². The van der Waals surface area contributed by atoms with E-state index in [0.717, 1.165) is 0 Å². The van der Waals surface area contributed by atoms with Gasteiger partial charge in [-0.25, -0.2) is 9.97 Å². The molecule has 0 unspecified atom stereocenters. The third-order valence-electron chi connectivity index (χ3n) is 0.728. The van der Waals surface area contributed by atoms with E-state index in [1.54, 1.807) is 0 Å². The minimum atomic E-state index is -2.84. The Morgan fingerprint density at radius 2 is 2.80 bits per heavy atom. The van der Waals surface area contributed by atoms with Crippen molar-refractivity contribution in [2.75, 3.05) is 0 Å². The zero-order valence-corrected chi connectivity index (χ0v) is 6.27. The molecular weight excluding hydrogens is 196 g/mol. The number of aromatic nitrogens is 2. The smallest absolute Gasteiger partial charge is 0.197 e. The zero-order valence-electron chi connectivity index (χ0n) is 9.68. The average Bonchev–Trinajstić information content (AvgIpc) is 2.10. The van der Waals surface area contributed by atoms with Gasteiger partial charge in [0.15, 0.2) is 11.6 Å². The molecule has 1 aromatic heterocycles. The van der Waals surface area contributed by atoms with Gasteiger partial charge in [0.2, 0.25) is 0 Å². The number of Topliss-reactive ketones (excluding diaryl/α,β-unsaturated/α-hetero) is 1. The summed E-state index contributed by atoms with van der Waals surface area (Å²) in [6.07, 6.45) is -0.496. The van der Waals surface area contributed by atoms with Crippen molar-refractivity contribution in [3.05, 3.63) is 22.6 Å². The van der Waals surface area contributed by atoms with Crippen molar-refractivity contribution >= 4 is 21.7 Å². The Morgan fingerprint density at radius 1 is 2.00 bits per heavy atom. The fourth-order valence-electron chi connectivity index (χ4n) is 0.375. The SMILES string of the molecule is [2H]c1nc(C(=O)C([2H])([2H])[2H])nc(Br)c1[2H]. The summed E-state index contributed by atoms with van der Waals surface area (Å²) in [5.74, 6) is -1.82. The lowest BCUT2D eigenvalue weighted by Crippen LogP contribution is -1.99. The van der Waals surface area contributed by atoms with Crippen molar-refractivity contribution in [3.63, 3.8) is 0 Å². The fraction of sp³-hybridized carbons (Fsp3) is 0.167. The molecule has 0 saturated carbocycles. The normalized spacial score (nSPS) is 17.9. The van der Waals surface area contributed by atoms with Gasteiger partial charge in [-0.1, -0.05) is 0 Å². The highest BCUT2D eigenvalue weighted by molar-refractivity contribution is 9.10. The molecule has 1 aromatic rings. The van der Waals surface area contributed by atoms with Crippen LogP contribution in [0.15, 0.2) is 16.8 Å². The Hall–Kier alpha value is -0.770. The number of hydrogen-bond donors (Lipinski definition) is 0. The summed E-state index contributed by atoms with van der Waals surface area (Å²) in [7, 11) is 0. The van der Waals surface area contributed by atoms with Crippen molar-refractivity contribution < 1.29 is 11.6 Å². The minimum absolute atomic E-state index is 0.0740. The lowest BCUT2D eigenvalue weighted by molar-refractivity contribution is 0.100. The fourth-order valence-corrected chi connectivity index (χ4v) is 0.631. The highest BCUT2D eigenvalue weighted by Crippen LogP contribution is 2.03. The second kappa shape index (κ2) is 2.88. The molecule has 0 aromatic carbocycles. The summed E-state index contributed by atoms with van der Waals surface area (Å²) in [5.41, 5.74) is 0. The Balaban J connectivity index is 3.24. The van der Waals surface area contributed by atoms with E-state index < -0.39 is 24.6 Å². The van der Waals surface area contributed by atoms with Gasteiger partial charge in [-0.2, -0.15) is 0 Å². The maximum atomic E-state index is 11.2. The summed E-state index contributed by atoms with van der Waals surface area (Å²) >= 11 is 2.84. The van der Waals surface area contributed by atoms with Gasteiger partial charge >= 0.3 is 0 Å². The molecule has 0 radical (unpaired) electrons. The molecule has 0 atom stereocenters. The molecule has 10 heavy (non-hydrogen) atoms. The largest absolute Gasteiger partial charge is 0.291 e. The van der Waals surface area contributed by atoms with Crippen LogP contribution >= 0.6 is 15.9 Å². The maximum absolute atomic E-state index is 11.2. The van der Waals surface area contributed by atoms with Crippen LogP contribution in [0, 0.1) is 0 Å². The molecule has 3 nitrogen and oxygen atoms in total. The van der Waals surface area contributed by atoms with E-state index in [0.29, 0.717) is 0 Å². The first-order chi connectivity index (χ1) is 6.73. The molecule has 1 rings (SSSR count). The molecule has 0 bridgehead atoms. The van der Waals surface area contributed by atoms with Crippen molar-refractivity contribution in [1.82, 2.24) is 9.97 Å². The predicted octanol–water partition coefficient (Wildman–Crippen LogP) is 1.44. The van der Waals surface area contributed by atoms with E-state index in [1.807, 2.05) is 0 Å². The summed E-state index contributed by atoms with van der Waals surface area (Å²) in [5, 5.41) is 0. The molecule has 0 aliphatic heterocycles. The van der Waals surface area contributed by atoms with Crippen molar-refractivity contribution in [2.24, 2.45) is 0 Å². The molecule has 0 spiro atoms. The van der Waals surface area contributed by atoms with Crippen molar-refractivity contribution in [1.29, 1.82) is 0 Å². The van der Waals surface area contributed by atoms with Crippen LogP contribution in [0.4, 0.5) is 0 Å². The highest BCUT2D eigenvalue weighted by Gasteiger charge is 2.00. The van der Waals surface area contributed by atoms with Crippen LogP contribution in [0.3, 0.4) is 0 Å². The third-order valence-corrected chi connectivity index (χ3v) is 1.10. The van der Waals surface area contributed by atoms with Gasteiger partial charge in [-0.15, -0.1) is 0 Å². The maximum Gasteiger partial charge on any atom is 0.197 e. The first-order valence-electron chi connectivity index (χ1n) is 4.79. The van der Waals surface area contributed by atoms with Crippen LogP contribution in [0.1, 0.15) is 24.3 Å². The van der Waals surface area contributed by atoms with Gasteiger partial charge in [-0.05, 0) is 22.0 Å². The number of hydrogen-bond acceptors (Lipinski definition) is 3. The first-order valence-corrected chi connectivity index (χ1v) is 3.08. The third kappa shape index (κ3) is 1.60. The Kier molecular flexibility index (Phi) is 0.888. The monoisotopic (exact) mass is 205 g/mol. The Labute approximate surface area is 73.7 Å². The van der Waals surface area contributed by atoms with Crippen LogP contribution in [0.2, 0.25) is 0 Å². The van der Waals surface area contributed by atoms with Gasteiger partial charge in [0.1, 0.15) is 4.60 Å². The molecule has 0 aliphatic rings. The van der Waals surface area contributed by atoms with Gasteiger partial charge in [0, 0.05) is 17.1 Å². The number of nitrogens with zero attached hydrogens (tertiary/aromatic N) is 2. The predicted molar refractivity (Wildman–Crippen MR) is 39.7 cm³/mol. The topological polar surface area (TPSA) is 42.9 Å². The summed E-state index contributed by atoms with van der Waals surface area (Å²) in [6.45, 7) is -2.84. The molecule has 0 amide bonds. The van der Waals surface area contributed by atoms with E-state index in [-0.39, 0.29) is 10.6 Å².